The molecule has 0 amide bonds. The van der Waals surface area contributed by atoms with Crippen LogP contribution in [-0.2, 0) is 6.61 Å². The van der Waals surface area contributed by atoms with Crippen LogP contribution in [0.4, 0.5) is 0 Å². The Kier molecular flexibility index (Phi) is 8.54. The van der Waals surface area contributed by atoms with Crippen molar-refractivity contribution in [2.75, 3.05) is 6.61 Å². The zero-order chi connectivity index (χ0) is 21.9. The molecule has 1 aromatic heterocycles. The van der Waals surface area contributed by atoms with Crippen molar-refractivity contribution in [2.45, 2.75) is 39.2 Å². The van der Waals surface area contributed by atoms with E-state index in [0.717, 1.165) is 12.8 Å². The van der Waals surface area contributed by atoms with E-state index in [2.05, 4.69) is 22.2 Å². The van der Waals surface area contributed by atoms with Crippen molar-refractivity contribution in [1.29, 1.82) is 0 Å². The van der Waals surface area contributed by atoms with Crippen molar-refractivity contribution in [3.8, 4) is 11.5 Å². The Morgan fingerprint density at radius 1 is 1.10 bits per heavy atom. The third-order valence-electron chi connectivity index (χ3n) is 4.53. The topological polar surface area (TPSA) is 81.5 Å². The molecule has 0 atom stereocenters. The number of carbonyl (C=O) groups is 1. The van der Waals surface area contributed by atoms with Crippen LogP contribution in [0.25, 0.3) is 0 Å². The Balaban J connectivity index is 1.66. The van der Waals surface area contributed by atoms with Crippen molar-refractivity contribution in [1.82, 2.24) is 14.9 Å². The highest BCUT2D eigenvalue weighted by molar-refractivity contribution is 7.71. The van der Waals surface area contributed by atoms with Gasteiger partial charge in [0, 0.05) is 0 Å². The third-order valence-corrected chi connectivity index (χ3v) is 4.79. The van der Waals surface area contributed by atoms with Crippen LogP contribution in [0.1, 0.15) is 48.8 Å². The van der Waals surface area contributed by atoms with Crippen molar-refractivity contribution in [2.24, 2.45) is 5.10 Å². The molecule has 162 valence electrons. The van der Waals surface area contributed by atoms with Gasteiger partial charge in [-0.25, -0.2) is 5.10 Å². The fourth-order valence-corrected chi connectivity index (χ4v) is 3.09. The average molecular weight is 439 g/mol. The van der Waals surface area contributed by atoms with Gasteiger partial charge in [-0.1, -0.05) is 56.5 Å². The summed E-state index contributed by atoms with van der Waals surface area (Å²) in [7, 11) is 0. The molecule has 0 unspecified atom stereocenters. The first kappa shape index (κ1) is 22.4. The van der Waals surface area contributed by atoms with Gasteiger partial charge in [0.1, 0.15) is 18.1 Å². The van der Waals surface area contributed by atoms with Crippen molar-refractivity contribution >= 4 is 24.2 Å². The first-order valence-electron chi connectivity index (χ1n) is 10.3. The molecule has 0 saturated carbocycles. The van der Waals surface area contributed by atoms with Gasteiger partial charge in [0.25, 0.3) is 0 Å². The van der Waals surface area contributed by atoms with E-state index < -0.39 is 0 Å². The molecule has 0 fully saturated rings. The fraction of sp³-hybridized carbons (Fsp3) is 0.304. The number of nitrogens with one attached hydrogen (secondary N) is 1. The van der Waals surface area contributed by atoms with Crippen LogP contribution in [0.15, 0.2) is 59.7 Å². The Morgan fingerprint density at radius 2 is 1.87 bits per heavy atom. The number of benzene rings is 2. The molecule has 8 heteroatoms. The van der Waals surface area contributed by atoms with Gasteiger partial charge in [-0.2, -0.15) is 14.9 Å². The van der Waals surface area contributed by atoms with E-state index >= 15 is 0 Å². The van der Waals surface area contributed by atoms with Crippen LogP contribution < -0.4 is 9.47 Å². The van der Waals surface area contributed by atoms with Gasteiger partial charge in [0.15, 0.2) is 5.82 Å². The highest BCUT2D eigenvalue weighted by Gasteiger charge is 2.12. The van der Waals surface area contributed by atoms with Crippen LogP contribution in [0.3, 0.4) is 0 Å². The number of aromatic amines is 1. The van der Waals surface area contributed by atoms with Crippen molar-refractivity contribution in [3.63, 3.8) is 0 Å². The molecule has 0 radical (unpaired) electrons. The normalized spacial score (nSPS) is 11.0. The number of hydrogen-bond acceptors (Lipinski definition) is 6. The van der Waals surface area contributed by atoms with Crippen LogP contribution in [-0.4, -0.2) is 33.5 Å². The molecule has 0 spiro atoms. The number of ether oxygens (including phenoxy) is 2. The molecule has 0 aliphatic heterocycles. The number of rotatable bonds is 12. The number of unbranched alkanes of at least 4 members (excludes halogenated alkanes) is 3. The zero-order valence-corrected chi connectivity index (χ0v) is 18.3. The Hall–Kier alpha value is -3.26. The first-order chi connectivity index (χ1) is 15.2. The summed E-state index contributed by atoms with van der Waals surface area (Å²) in [6.45, 7) is 2.90. The van der Waals surface area contributed by atoms with Gasteiger partial charge in [-0.3, -0.25) is 4.79 Å². The minimum Gasteiger partial charge on any atom is -0.493 e. The van der Waals surface area contributed by atoms with Gasteiger partial charge < -0.3 is 9.47 Å². The van der Waals surface area contributed by atoms with E-state index in [1.54, 1.807) is 18.2 Å². The van der Waals surface area contributed by atoms with Crippen LogP contribution in [0, 0.1) is 4.77 Å². The Morgan fingerprint density at radius 3 is 2.68 bits per heavy atom. The molecule has 0 aliphatic carbocycles. The lowest BCUT2D eigenvalue weighted by molar-refractivity contribution is 0.106. The molecule has 1 N–H and O–H groups in total. The number of aromatic nitrogens is 3. The van der Waals surface area contributed by atoms with E-state index in [4.69, 9.17) is 21.7 Å². The highest BCUT2D eigenvalue weighted by Crippen LogP contribution is 2.19. The molecule has 31 heavy (non-hydrogen) atoms. The summed E-state index contributed by atoms with van der Waals surface area (Å²) in [5, 5.41) is 11.0. The van der Waals surface area contributed by atoms with Gasteiger partial charge in [0.2, 0.25) is 10.6 Å². The van der Waals surface area contributed by atoms with Crippen LogP contribution in [0.2, 0.25) is 0 Å². The maximum Gasteiger partial charge on any atom is 0.216 e. The minimum atomic E-state index is -0.276. The second-order valence-corrected chi connectivity index (χ2v) is 7.26. The molecule has 0 aliphatic rings. The number of H-pyrrole nitrogens is 1. The van der Waals surface area contributed by atoms with Gasteiger partial charge in [-0.15, -0.1) is 0 Å². The van der Waals surface area contributed by atoms with E-state index in [1.807, 2.05) is 36.4 Å². The third kappa shape index (κ3) is 6.62. The summed E-state index contributed by atoms with van der Waals surface area (Å²) in [6, 6.07) is 16.5. The van der Waals surface area contributed by atoms with Crippen molar-refractivity contribution in [3.05, 3.63) is 70.8 Å². The summed E-state index contributed by atoms with van der Waals surface area (Å²) in [5.41, 5.74) is 0.457. The van der Waals surface area contributed by atoms with E-state index in [1.165, 1.54) is 23.7 Å². The summed E-state index contributed by atoms with van der Waals surface area (Å²) >= 11 is 5.23. The Labute approximate surface area is 186 Å². The number of carbonyl (C=O) groups excluding carboxylic acids is 1. The molecule has 3 aromatic rings. The molecule has 3 rings (SSSR count). The maximum atomic E-state index is 12.8. The van der Waals surface area contributed by atoms with Gasteiger partial charge in [0.05, 0.1) is 18.4 Å². The van der Waals surface area contributed by atoms with E-state index in [0.29, 0.717) is 29.5 Å². The number of para-hydroxylation sites is 2. The maximum absolute atomic E-state index is 12.8. The summed E-state index contributed by atoms with van der Waals surface area (Å²) in [6.07, 6.45) is 5.63. The van der Waals surface area contributed by atoms with Crippen LogP contribution >= 0.6 is 12.2 Å². The zero-order valence-electron chi connectivity index (χ0n) is 17.5. The van der Waals surface area contributed by atoms with Crippen LogP contribution in [0.5, 0.6) is 11.5 Å². The van der Waals surface area contributed by atoms with E-state index in [-0.39, 0.29) is 17.2 Å². The second kappa shape index (κ2) is 11.8. The predicted molar refractivity (Wildman–Crippen MR) is 122 cm³/mol. The standard InChI is InChI=1S/C23H26N4O3S/c1-2-3-4-10-15-29-21-14-9-8-13-19(21)20(28)16-24-27-22(25-26-23(27)31)17-30-18-11-6-5-7-12-18/h5-9,11-14,16H,2-4,10,15,17H2,1H3,(H,26,31)/b24-16-. The smallest absolute Gasteiger partial charge is 0.216 e. The molecule has 0 saturated heterocycles. The first-order valence-corrected chi connectivity index (χ1v) is 10.7. The number of ketones is 1. The van der Waals surface area contributed by atoms with Gasteiger partial charge >= 0.3 is 0 Å². The average Bonchev–Trinajstić information content (AvgIpc) is 3.16. The lowest BCUT2D eigenvalue weighted by atomic mass is 10.1. The molecule has 0 bridgehead atoms. The summed E-state index contributed by atoms with van der Waals surface area (Å²) < 4.78 is 13.2. The van der Waals surface area contributed by atoms with E-state index in [9.17, 15) is 4.79 Å². The summed E-state index contributed by atoms with van der Waals surface area (Å²) in [5.74, 6) is 1.44. The molecule has 7 nitrogen and oxygen atoms in total. The predicted octanol–water partition coefficient (Wildman–Crippen LogP) is 5.20. The van der Waals surface area contributed by atoms with Crippen molar-refractivity contribution < 1.29 is 14.3 Å². The lowest BCUT2D eigenvalue weighted by Crippen LogP contribution is -2.09. The minimum absolute atomic E-state index is 0.153. The fourth-order valence-electron chi connectivity index (χ4n) is 2.89. The van der Waals surface area contributed by atoms with Gasteiger partial charge in [-0.05, 0) is 42.9 Å². The molecular weight excluding hydrogens is 412 g/mol. The molecule has 2 aromatic carbocycles. The SMILES string of the molecule is CCCCCCOc1ccccc1C(=O)/C=N\n1c(COc2ccccc2)n[nH]c1=S. The molecule has 1 heterocycles. The Bertz CT molecular complexity index is 1060. The summed E-state index contributed by atoms with van der Waals surface area (Å²) in [4.78, 5) is 12.8. The number of hydrogen-bond donors (Lipinski definition) is 1. The largest absolute Gasteiger partial charge is 0.493 e. The second-order valence-electron chi connectivity index (χ2n) is 6.87. The highest BCUT2D eigenvalue weighted by atomic mass is 32.1. The number of nitrogens with zero attached hydrogens (tertiary/aromatic N) is 3. The monoisotopic (exact) mass is 438 g/mol. The molecular formula is C23H26N4O3S. The number of Topliss-reactive ketones (excluding diaryl/α,β-unsaturated/α-hetero) is 1. The lowest BCUT2D eigenvalue weighted by Gasteiger charge is -2.09. The quantitative estimate of drug-likeness (QED) is 0.182.